The molecule has 19 heavy (non-hydrogen) atoms. The van der Waals surface area contributed by atoms with Gasteiger partial charge in [-0.05, 0) is 36.6 Å². The van der Waals surface area contributed by atoms with Gasteiger partial charge in [-0.3, -0.25) is 0 Å². The van der Waals surface area contributed by atoms with E-state index in [-0.39, 0.29) is 0 Å². The molecule has 1 radical (unpaired) electrons. The van der Waals surface area contributed by atoms with Crippen LogP contribution in [0.5, 0.6) is 0 Å². The van der Waals surface area contributed by atoms with Crippen LogP contribution in [0.2, 0.25) is 0 Å². The Bertz CT molecular complexity index is 310. The van der Waals surface area contributed by atoms with Gasteiger partial charge in [-0.1, -0.05) is 83.9 Å². The van der Waals surface area contributed by atoms with Gasteiger partial charge in [0.1, 0.15) is 0 Å². The van der Waals surface area contributed by atoms with Crippen LogP contribution in [-0.2, 0) is 6.42 Å². The fraction of sp³-hybridized carbons (Fsp3) is 0.667. The molecular formula is C18H28P. The molecule has 0 bridgehead atoms. The molecule has 1 aromatic rings. The van der Waals surface area contributed by atoms with Crippen molar-refractivity contribution >= 4 is 8.58 Å². The minimum atomic E-state index is 0.988. The normalized spacial score (nSPS) is 19.8. The molecule has 0 aliphatic heterocycles. The molecule has 1 aliphatic rings. The highest BCUT2D eigenvalue weighted by atomic mass is 31.1. The van der Waals surface area contributed by atoms with Gasteiger partial charge in [-0.25, -0.2) is 0 Å². The van der Waals surface area contributed by atoms with Crippen molar-refractivity contribution in [2.75, 3.05) is 6.16 Å². The number of hydrogen-bond acceptors (Lipinski definition) is 0. The van der Waals surface area contributed by atoms with Crippen LogP contribution in [0.4, 0.5) is 0 Å². The summed E-state index contributed by atoms with van der Waals surface area (Å²) in [7, 11) is 1.71. The van der Waals surface area contributed by atoms with E-state index in [9.17, 15) is 0 Å². The van der Waals surface area contributed by atoms with E-state index in [4.69, 9.17) is 0 Å². The van der Waals surface area contributed by atoms with E-state index in [1.807, 2.05) is 0 Å². The molecule has 0 saturated heterocycles. The Labute approximate surface area is 121 Å². The lowest BCUT2D eigenvalue weighted by Gasteiger charge is -2.17. The summed E-state index contributed by atoms with van der Waals surface area (Å²) in [6.45, 7) is 0. The van der Waals surface area contributed by atoms with E-state index in [1.165, 1.54) is 75.9 Å². The predicted molar refractivity (Wildman–Crippen MR) is 87.3 cm³/mol. The Hall–Kier alpha value is -0.350. The minimum Gasteiger partial charge on any atom is -0.0772 e. The fourth-order valence-electron chi connectivity index (χ4n) is 2.99. The largest absolute Gasteiger partial charge is 0.0772 e. The van der Waals surface area contributed by atoms with Crippen molar-refractivity contribution in [3.63, 3.8) is 0 Å². The number of aryl methyl sites for hydroxylation is 1. The first-order chi connectivity index (χ1) is 9.45. The second-order valence-electron chi connectivity index (χ2n) is 5.85. The summed E-state index contributed by atoms with van der Waals surface area (Å²) in [4.78, 5) is 0. The molecule has 0 heterocycles. The standard InChI is InChI=1S/C18H28P/c1-2-4-9-13-18(14-10-5-3-1)19-16-15-17-11-7-6-8-12-17/h6-8,11-12,18H,1-5,9-10,13-16H2. The smallest absolute Gasteiger partial charge is 0.0170 e. The highest BCUT2D eigenvalue weighted by molar-refractivity contribution is 7.38. The molecule has 2 rings (SSSR count). The summed E-state index contributed by atoms with van der Waals surface area (Å²) < 4.78 is 0. The molecule has 0 atom stereocenters. The van der Waals surface area contributed by atoms with E-state index in [1.54, 1.807) is 8.58 Å². The van der Waals surface area contributed by atoms with E-state index in [2.05, 4.69) is 30.3 Å². The van der Waals surface area contributed by atoms with Gasteiger partial charge in [0.25, 0.3) is 0 Å². The molecule has 0 N–H and O–H groups in total. The Kier molecular flexibility index (Phi) is 7.55. The molecule has 1 aromatic carbocycles. The lowest BCUT2D eigenvalue weighted by atomic mass is 10.0. The Morgan fingerprint density at radius 1 is 0.789 bits per heavy atom. The molecule has 1 fully saturated rings. The van der Waals surface area contributed by atoms with Crippen molar-refractivity contribution in [3.8, 4) is 0 Å². The van der Waals surface area contributed by atoms with Crippen LogP contribution in [0, 0.1) is 0 Å². The van der Waals surface area contributed by atoms with Crippen molar-refractivity contribution in [2.24, 2.45) is 0 Å². The molecule has 1 aliphatic carbocycles. The highest BCUT2D eigenvalue weighted by Crippen LogP contribution is 2.30. The minimum absolute atomic E-state index is 0.988. The number of hydrogen-bond donors (Lipinski definition) is 0. The third kappa shape index (κ3) is 6.57. The molecule has 0 unspecified atom stereocenters. The molecule has 105 valence electrons. The van der Waals surface area contributed by atoms with Crippen molar-refractivity contribution in [1.29, 1.82) is 0 Å². The summed E-state index contributed by atoms with van der Waals surface area (Å²) >= 11 is 0. The Morgan fingerprint density at radius 3 is 2.00 bits per heavy atom. The summed E-state index contributed by atoms with van der Waals surface area (Å²) in [5.41, 5.74) is 2.50. The van der Waals surface area contributed by atoms with Gasteiger partial charge in [0.05, 0.1) is 0 Å². The van der Waals surface area contributed by atoms with Gasteiger partial charge in [-0.2, -0.15) is 0 Å². The molecule has 0 aromatic heterocycles. The van der Waals surface area contributed by atoms with Crippen LogP contribution in [0.25, 0.3) is 0 Å². The zero-order valence-corrected chi connectivity index (χ0v) is 13.1. The molecule has 0 spiro atoms. The molecular weight excluding hydrogens is 247 g/mol. The van der Waals surface area contributed by atoms with Crippen molar-refractivity contribution in [3.05, 3.63) is 35.9 Å². The number of rotatable bonds is 4. The van der Waals surface area contributed by atoms with Crippen LogP contribution >= 0.6 is 8.58 Å². The van der Waals surface area contributed by atoms with Crippen molar-refractivity contribution in [1.82, 2.24) is 0 Å². The van der Waals surface area contributed by atoms with Crippen molar-refractivity contribution < 1.29 is 0 Å². The first kappa shape index (κ1) is 15.0. The first-order valence-electron chi connectivity index (χ1n) is 8.16. The average Bonchev–Trinajstić information content (AvgIpc) is 2.47. The predicted octanol–water partition coefficient (Wildman–Crippen LogP) is 6.07. The third-order valence-electron chi connectivity index (χ3n) is 4.21. The molecule has 1 heteroatoms. The topological polar surface area (TPSA) is 0 Å². The SMILES string of the molecule is c1ccc(CC[P]C2CCCCCCCCC2)cc1. The molecule has 0 amide bonds. The monoisotopic (exact) mass is 275 g/mol. The summed E-state index contributed by atoms with van der Waals surface area (Å²) in [5, 5.41) is 0. The van der Waals surface area contributed by atoms with Crippen LogP contribution in [0.3, 0.4) is 0 Å². The zero-order valence-electron chi connectivity index (χ0n) is 12.2. The summed E-state index contributed by atoms with van der Waals surface area (Å²) in [6.07, 6.45) is 15.9. The van der Waals surface area contributed by atoms with Crippen LogP contribution in [-0.4, -0.2) is 11.8 Å². The average molecular weight is 275 g/mol. The third-order valence-corrected chi connectivity index (χ3v) is 5.72. The van der Waals surface area contributed by atoms with Gasteiger partial charge in [0, 0.05) is 0 Å². The van der Waals surface area contributed by atoms with Crippen LogP contribution < -0.4 is 0 Å². The first-order valence-corrected chi connectivity index (χ1v) is 9.30. The zero-order chi connectivity index (χ0) is 13.2. The summed E-state index contributed by atoms with van der Waals surface area (Å²) in [5.74, 6) is 0. The van der Waals surface area contributed by atoms with Crippen molar-refractivity contribution in [2.45, 2.75) is 69.9 Å². The van der Waals surface area contributed by atoms with Gasteiger partial charge < -0.3 is 0 Å². The van der Waals surface area contributed by atoms with Gasteiger partial charge in [0.15, 0.2) is 0 Å². The van der Waals surface area contributed by atoms with E-state index in [0.29, 0.717) is 0 Å². The van der Waals surface area contributed by atoms with E-state index in [0.717, 1.165) is 5.66 Å². The molecule has 0 nitrogen and oxygen atoms in total. The van der Waals surface area contributed by atoms with E-state index < -0.39 is 0 Å². The molecule has 1 saturated carbocycles. The van der Waals surface area contributed by atoms with Gasteiger partial charge in [-0.15, -0.1) is 0 Å². The summed E-state index contributed by atoms with van der Waals surface area (Å²) in [6, 6.07) is 11.0. The quantitative estimate of drug-likeness (QED) is 0.585. The second kappa shape index (κ2) is 9.54. The Balaban J connectivity index is 1.67. The van der Waals surface area contributed by atoms with Crippen LogP contribution in [0.15, 0.2) is 30.3 Å². The maximum atomic E-state index is 2.27. The number of benzene rings is 1. The highest BCUT2D eigenvalue weighted by Gasteiger charge is 2.10. The lowest BCUT2D eigenvalue weighted by molar-refractivity contribution is 0.509. The van der Waals surface area contributed by atoms with E-state index >= 15 is 0 Å². The lowest BCUT2D eigenvalue weighted by Crippen LogP contribution is -2.04. The Morgan fingerprint density at radius 2 is 1.37 bits per heavy atom. The van der Waals surface area contributed by atoms with Gasteiger partial charge >= 0.3 is 0 Å². The fourth-order valence-corrected chi connectivity index (χ4v) is 4.47. The van der Waals surface area contributed by atoms with Gasteiger partial charge in [0.2, 0.25) is 0 Å². The van der Waals surface area contributed by atoms with Crippen LogP contribution in [0.1, 0.15) is 63.4 Å². The second-order valence-corrected chi connectivity index (χ2v) is 7.39. The maximum Gasteiger partial charge on any atom is -0.0170 e. The maximum absolute atomic E-state index is 2.27.